The molecule has 316 valence electrons. The maximum atomic E-state index is 6.50. The van der Waals surface area contributed by atoms with E-state index in [1.165, 1.54) is 48.6 Å². The van der Waals surface area contributed by atoms with Crippen LogP contribution in [0, 0.1) is 0 Å². The molecule has 0 atom stereocenters. The Labute approximate surface area is 390 Å². The largest absolute Gasteiger partial charge is 0.456 e. The van der Waals surface area contributed by atoms with Gasteiger partial charge in [0.25, 0.3) is 0 Å². The predicted octanol–water partition coefficient (Wildman–Crippen LogP) is 16.1. The van der Waals surface area contributed by atoms with Crippen molar-refractivity contribution in [2.45, 2.75) is 0 Å². The first kappa shape index (κ1) is 38.1. The van der Waals surface area contributed by atoms with Gasteiger partial charge >= 0.3 is 0 Å². The third kappa shape index (κ3) is 6.05. The van der Waals surface area contributed by atoms with Gasteiger partial charge in [0.15, 0.2) is 17.5 Å². The second-order valence-corrected chi connectivity index (χ2v) is 17.4. The Kier molecular flexibility index (Phi) is 8.48. The van der Waals surface area contributed by atoms with E-state index in [0.717, 1.165) is 72.2 Å². The standard InChI is InChI=1S/C62H37N5O/c1-3-13-39(14-4-1)60-64-61(40-15-5-2-6-16-40)66-62(65-60)41-25-23-38(24-26-41)59-58-53-36-43(28-32-56(53)68-57(58)33-34-63-59)42-27-31-55-52(35-42)50-21-11-12-22-54(50)67(55)44-29-30-49-47-19-8-7-17-45(47)46-18-9-10-20-48(46)51(49)37-44/h1-37H. The molecule has 0 saturated carbocycles. The minimum Gasteiger partial charge on any atom is -0.456 e. The van der Waals surface area contributed by atoms with Crippen molar-refractivity contribution >= 4 is 76.1 Å². The smallest absolute Gasteiger partial charge is 0.164 e. The molecule has 68 heavy (non-hydrogen) atoms. The summed E-state index contributed by atoms with van der Waals surface area (Å²) in [5.41, 5.74) is 11.9. The molecule has 0 fully saturated rings. The van der Waals surface area contributed by atoms with E-state index in [1.54, 1.807) is 0 Å². The molecule has 0 bridgehead atoms. The van der Waals surface area contributed by atoms with Gasteiger partial charge < -0.3 is 8.98 Å². The van der Waals surface area contributed by atoms with Crippen LogP contribution in [0.25, 0.3) is 138 Å². The fourth-order valence-electron chi connectivity index (χ4n) is 10.3. The predicted molar refractivity (Wildman–Crippen MR) is 279 cm³/mol. The molecule has 0 aliphatic rings. The number of rotatable bonds is 6. The topological polar surface area (TPSA) is 69.6 Å². The quantitative estimate of drug-likeness (QED) is 0.156. The van der Waals surface area contributed by atoms with Gasteiger partial charge in [0, 0.05) is 50.3 Å². The van der Waals surface area contributed by atoms with Gasteiger partial charge in [-0.2, -0.15) is 0 Å². The molecule has 4 aromatic heterocycles. The fraction of sp³-hybridized carbons (Fsp3) is 0. The van der Waals surface area contributed by atoms with Crippen LogP contribution < -0.4 is 0 Å². The summed E-state index contributed by atoms with van der Waals surface area (Å²) >= 11 is 0. The lowest BCUT2D eigenvalue weighted by Crippen LogP contribution is -2.00. The van der Waals surface area contributed by atoms with Crippen molar-refractivity contribution in [3.63, 3.8) is 0 Å². The summed E-state index contributed by atoms with van der Waals surface area (Å²) in [6.45, 7) is 0. The third-order valence-electron chi connectivity index (χ3n) is 13.5. The van der Waals surface area contributed by atoms with Crippen molar-refractivity contribution in [3.05, 3.63) is 225 Å². The van der Waals surface area contributed by atoms with Crippen molar-refractivity contribution in [2.75, 3.05) is 0 Å². The zero-order valence-electron chi connectivity index (χ0n) is 36.5. The highest BCUT2D eigenvalue weighted by atomic mass is 16.3. The van der Waals surface area contributed by atoms with E-state index in [4.69, 9.17) is 24.4 Å². The second kappa shape index (κ2) is 15.2. The van der Waals surface area contributed by atoms with Crippen LogP contribution in [0.3, 0.4) is 0 Å². The van der Waals surface area contributed by atoms with E-state index in [2.05, 4.69) is 156 Å². The highest BCUT2D eigenvalue weighted by molar-refractivity contribution is 6.26. The summed E-state index contributed by atoms with van der Waals surface area (Å²) in [5.74, 6) is 1.86. The average molecular weight is 868 g/mol. The Morgan fingerprint density at radius 3 is 1.44 bits per heavy atom. The van der Waals surface area contributed by atoms with Crippen LogP contribution in [0.15, 0.2) is 229 Å². The maximum Gasteiger partial charge on any atom is 0.164 e. The number of nitrogens with zero attached hydrogens (tertiary/aromatic N) is 5. The first-order valence-electron chi connectivity index (χ1n) is 22.9. The first-order chi connectivity index (χ1) is 33.7. The summed E-state index contributed by atoms with van der Waals surface area (Å²) in [6, 6.07) is 76.9. The molecule has 10 aromatic carbocycles. The Morgan fingerprint density at radius 2 is 0.794 bits per heavy atom. The van der Waals surface area contributed by atoms with Crippen LogP contribution in [0.2, 0.25) is 0 Å². The number of hydrogen-bond acceptors (Lipinski definition) is 5. The van der Waals surface area contributed by atoms with E-state index < -0.39 is 0 Å². The van der Waals surface area contributed by atoms with Crippen LogP contribution in [0.5, 0.6) is 0 Å². The van der Waals surface area contributed by atoms with Gasteiger partial charge in [-0.15, -0.1) is 0 Å². The van der Waals surface area contributed by atoms with E-state index >= 15 is 0 Å². The fourth-order valence-corrected chi connectivity index (χ4v) is 10.3. The van der Waals surface area contributed by atoms with Crippen LogP contribution >= 0.6 is 0 Å². The molecular weight excluding hydrogens is 831 g/mol. The van der Waals surface area contributed by atoms with Gasteiger partial charge in [0.1, 0.15) is 11.2 Å². The van der Waals surface area contributed by atoms with Gasteiger partial charge in [-0.05, 0) is 92.0 Å². The molecule has 0 aliphatic heterocycles. The van der Waals surface area contributed by atoms with Gasteiger partial charge in [0.05, 0.1) is 22.1 Å². The number of benzene rings is 10. The molecule has 6 heteroatoms. The first-order valence-corrected chi connectivity index (χ1v) is 22.9. The normalized spacial score (nSPS) is 11.8. The van der Waals surface area contributed by atoms with Crippen LogP contribution in [0.4, 0.5) is 0 Å². The summed E-state index contributed by atoms with van der Waals surface area (Å²) in [5, 5.41) is 12.0. The molecule has 0 radical (unpaired) electrons. The van der Waals surface area contributed by atoms with Gasteiger partial charge in [0.2, 0.25) is 0 Å². The van der Waals surface area contributed by atoms with Crippen LogP contribution in [-0.2, 0) is 0 Å². The number of furan rings is 1. The lowest BCUT2D eigenvalue weighted by Gasteiger charge is -2.14. The molecule has 14 aromatic rings. The Hall–Kier alpha value is -9.26. The monoisotopic (exact) mass is 867 g/mol. The molecular formula is C62H37N5O. The van der Waals surface area contributed by atoms with Crippen molar-refractivity contribution in [1.82, 2.24) is 24.5 Å². The summed E-state index contributed by atoms with van der Waals surface area (Å²) < 4.78 is 8.92. The highest BCUT2D eigenvalue weighted by Gasteiger charge is 2.19. The SMILES string of the molecule is c1ccc(-c2nc(-c3ccccc3)nc(-c3ccc(-c4nccc5oc6ccc(-c7ccc8c(c7)c7ccccc7n8-c7ccc8c9ccccc9c9ccccc9c8c7)cc6c45)cc3)n2)cc1. The molecule has 14 rings (SSSR count). The number of aromatic nitrogens is 5. The molecule has 0 amide bonds. The van der Waals surface area contributed by atoms with Crippen LogP contribution in [0.1, 0.15) is 0 Å². The van der Waals surface area contributed by atoms with E-state index in [0.29, 0.717) is 17.5 Å². The molecule has 4 heterocycles. The second-order valence-electron chi connectivity index (χ2n) is 17.4. The van der Waals surface area contributed by atoms with Crippen molar-refractivity contribution in [3.8, 4) is 62.2 Å². The lowest BCUT2D eigenvalue weighted by molar-refractivity contribution is 0.668. The maximum absolute atomic E-state index is 6.50. The Bertz CT molecular complexity index is 4220. The van der Waals surface area contributed by atoms with Crippen molar-refractivity contribution in [1.29, 1.82) is 0 Å². The highest BCUT2D eigenvalue weighted by Crippen LogP contribution is 2.42. The lowest BCUT2D eigenvalue weighted by atomic mass is 9.94. The number of hydrogen-bond donors (Lipinski definition) is 0. The zero-order chi connectivity index (χ0) is 44.7. The number of fused-ring (bicyclic) bond motifs is 12. The molecule has 0 saturated heterocycles. The Balaban J connectivity index is 0.863. The van der Waals surface area contributed by atoms with Gasteiger partial charge in [-0.25, -0.2) is 15.0 Å². The Morgan fingerprint density at radius 1 is 0.309 bits per heavy atom. The van der Waals surface area contributed by atoms with E-state index in [9.17, 15) is 0 Å². The number of para-hydroxylation sites is 1. The molecule has 6 nitrogen and oxygen atoms in total. The third-order valence-corrected chi connectivity index (χ3v) is 13.5. The minimum absolute atomic E-state index is 0.605. The summed E-state index contributed by atoms with van der Waals surface area (Å²) in [7, 11) is 0. The van der Waals surface area contributed by atoms with E-state index in [-0.39, 0.29) is 0 Å². The average Bonchev–Trinajstić information content (AvgIpc) is 3.96. The number of pyridine rings is 1. The van der Waals surface area contributed by atoms with Crippen LogP contribution in [-0.4, -0.2) is 24.5 Å². The molecule has 0 aliphatic carbocycles. The zero-order valence-corrected chi connectivity index (χ0v) is 36.5. The van der Waals surface area contributed by atoms with Gasteiger partial charge in [-0.1, -0.05) is 170 Å². The molecule has 0 spiro atoms. The molecule has 0 N–H and O–H groups in total. The summed E-state index contributed by atoms with van der Waals surface area (Å²) in [6.07, 6.45) is 1.82. The van der Waals surface area contributed by atoms with Crippen molar-refractivity contribution in [2.24, 2.45) is 0 Å². The van der Waals surface area contributed by atoms with Gasteiger partial charge in [-0.3, -0.25) is 4.98 Å². The minimum atomic E-state index is 0.605. The van der Waals surface area contributed by atoms with E-state index in [1.807, 2.05) is 72.9 Å². The van der Waals surface area contributed by atoms with Crippen molar-refractivity contribution < 1.29 is 4.42 Å². The summed E-state index contributed by atoms with van der Waals surface area (Å²) in [4.78, 5) is 19.7. The molecule has 0 unspecified atom stereocenters.